The summed E-state index contributed by atoms with van der Waals surface area (Å²) in [4.78, 5) is 3.79. The van der Waals surface area contributed by atoms with Gasteiger partial charge in [-0.15, -0.1) is 0 Å². The van der Waals surface area contributed by atoms with Gasteiger partial charge in [-0.1, -0.05) is 63.2 Å². The Hall–Kier alpha value is -3.97. The van der Waals surface area contributed by atoms with E-state index in [1.807, 2.05) is 100 Å². The number of benzene rings is 3. The van der Waals surface area contributed by atoms with Crippen molar-refractivity contribution >= 4 is 27.6 Å². The van der Waals surface area contributed by atoms with Gasteiger partial charge in [-0.2, -0.15) is 0 Å². The zero-order valence-electron chi connectivity index (χ0n) is 20.0. The summed E-state index contributed by atoms with van der Waals surface area (Å²) < 4.78 is 23.6. The molecule has 0 aliphatic rings. The van der Waals surface area contributed by atoms with Crippen LogP contribution in [0.15, 0.2) is 71.3 Å². The highest BCUT2D eigenvalue weighted by Crippen LogP contribution is 2.42. The first kappa shape index (κ1) is 21.9. The third-order valence-electron chi connectivity index (χ3n) is 6.46. The zero-order chi connectivity index (χ0) is 24.2. The zero-order valence-corrected chi connectivity index (χ0v) is 20.0. The summed E-state index contributed by atoms with van der Waals surface area (Å²) in [5, 5.41) is 1.80. The maximum atomic E-state index is 15.2. The number of aromatic nitrogens is 1. The van der Waals surface area contributed by atoms with E-state index in [1.165, 1.54) is 0 Å². The van der Waals surface area contributed by atoms with Gasteiger partial charge in [0, 0.05) is 16.8 Å². The molecule has 4 heteroatoms. The Labute approximate surface area is 198 Å². The molecule has 0 saturated heterocycles. The molecular weight excluding hydrogens is 423 g/mol. The number of aryl methyl sites for hydroxylation is 2. The molecule has 2 aromatic heterocycles. The normalized spacial score (nSPS) is 11.8. The van der Waals surface area contributed by atoms with Crippen molar-refractivity contribution in [3.63, 3.8) is 0 Å². The molecule has 3 nitrogen and oxygen atoms in total. The molecule has 3 aromatic carbocycles. The van der Waals surface area contributed by atoms with Crippen molar-refractivity contribution in [1.29, 1.82) is 0 Å². The standard InChI is InChI=1S/C30H26FN2O/c1-18-12-13-20-22-14-25(32-5)21(19-10-8-7-9-11-19)15-27(22)34-29(20)28(18)26-16-24(31)23(17-33(26)6)30(2,3)4/h7-17H,1-4,6H3/q+1. The fraction of sp³-hybridized carbons (Fsp3) is 0.200. The molecule has 34 heavy (non-hydrogen) atoms. The van der Waals surface area contributed by atoms with Crippen molar-refractivity contribution in [3.05, 3.63) is 95.2 Å². The highest BCUT2D eigenvalue weighted by Gasteiger charge is 2.27. The van der Waals surface area contributed by atoms with E-state index < -0.39 is 0 Å². The maximum Gasteiger partial charge on any atom is 0.219 e. The number of furan rings is 1. The Morgan fingerprint density at radius 3 is 2.38 bits per heavy atom. The number of rotatable bonds is 2. The van der Waals surface area contributed by atoms with E-state index in [9.17, 15) is 0 Å². The molecule has 0 aliphatic carbocycles. The first-order valence-corrected chi connectivity index (χ1v) is 11.3. The van der Waals surface area contributed by atoms with Gasteiger partial charge in [0.15, 0.2) is 11.9 Å². The molecular formula is C30H26FN2O+. The topological polar surface area (TPSA) is 21.4 Å². The van der Waals surface area contributed by atoms with Crippen LogP contribution < -0.4 is 4.57 Å². The average Bonchev–Trinajstić information content (AvgIpc) is 3.16. The predicted octanol–water partition coefficient (Wildman–Crippen LogP) is 8.04. The smallest absolute Gasteiger partial charge is 0.219 e. The summed E-state index contributed by atoms with van der Waals surface area (Å²) in [7, 11) is 1.94. The lowest BCUT2D eigenvalue weighted by molar-refractivity contribution is -0.661. The van der Waals surface area contributed by atoms with Crippen LogP contribution >= 0.6 is 0 Å². The van der Waals surface area contributed by atoms with E-state index in [-0.39, 0.29) is 11.2 Å². The van der Waals surface area contributed by atoms with Crippen molar-refractivity contribution in [2.24, 2.45) is 7.05 Å². The van der Waals surface area contributed by atoms with Crippen molar-refractivity contribution in [1.82, 2.24) is 0 Å². The van der Waals surface area contributed by atoms with Crippen LogP contribution in [-0.2, 0) is 12.5 Å². The number of nitrogens with zero attached hydrogens (tertiary/aromatic N) is 2. The molecule has 5 rings (SSSR count). The minimum atomic E-state index is -0.301. The van der Waals surface area contributed by atoms with Crippen LogP contribution in [0.4, 0.5) is 10.1 Å². The fourth-order valence-corrected chi connectivity index (χ4v) is 4.66. The first-order chi connectivity index (χ1) is 16.2. The monoisotopic (exact) mass is 449 g/mol. The number of halogens is 1. The second-order valence-electron chi connectivity index (χ2n) is 9.86. The van der Waals surface area contributed by atoms with Gasteiger partial charge in [0.25, 0.3) is 0 Å². The van der Waals surface area contributed by atoms with Gasteiger partial charge in [0.05, 0.1) is 17.7 Å². The van der Waals surface area contributed by atoms with Crippen LogP contribution in [0.5, 0.6) is 0 Å². The number of fused-ring (bicyclic) bond motifs is 3. The maximum absolute atomic E-state index is 15.2. The van der Waals surface area contributed by atoms with Crippen LogP contribution in [0.2, 0.25) is 0 Å². The Bertz CT molecular complexity index is 1620. The first-order valence-electron chi connectivity index (χ1n) is 11.3. The summed E-state index contributed by atoms with van der Waals surface area (Å²) in [6, 6.07) is 19.4. The predicted molar refractivity (Wildman–Crippen MR) is 135 cm³/mol. The van der Waals surface area contributed by atoms with E-state index in [0.717, 1.165) is 38.7 Å². The Balaban J connectivity index is 1.81. The molecule has 0 saturated carbocycles. The molecule has 0 atom stereocenters. The third kappa shape index (κ3) is 3.45. The van der Waals surface area contributed by atoms with Crippen molar-refractivity contribution in [3.8, 4) is 22.4 Å². The van der Waals surface area contributed by atoms with Crippen LogP contribution in [-0.4, -0.2) is 0 Å². The summed E-state index contributed by atoms with van der Waals surface area (Å²) in [5.74, 6) is -0.227. The molecule has 2 heterocycles. The molecule has 0 N–H and O–H groups in total. The van der Waals surface area contributed by atoms with Gasteiger partial charge < -0.3 is 4.42 Å². The van der Waals surface area contributed by atoms with E-state index >= 15 is 4.39 Å². The molecule has 0 aliphatic heterocycles. The molecule has 5 aromatic rings. The van der Waals surface area contributed by atoms with E-state index in [4.69, 9.17) is 11.0 Å². The lowest BCUT2D eigenvalue weighted by atomic mass is 9.87. The second kappa shape index (κ2) is 7.81. The van der Waals surface area contributed by atoms with Crippen LogP contribution in [0.1, 0.15) is 31.9 Å². The van der Waals surface area contributed by atoms with E-state index in [0.29, 0.717) is 22.4 Å². The highest BCUT2D eigenvalue weighted by atomic mass is 19.1. The lowest BCUT2D eigenvalue weighted by Crippen LogP contribution is -2.34. The van der Waals surface area contributed by atoms with Gasteiger partial charge in [-0.3, -0.25) is 0 Å². The summed E-state index contributed by atoms with van der Waals surface area (Å²) in [5.41, 5.74) is 6.78. The molecule has 0 fully saturated rings. The number of pyridine rings is 1. The van der Waals surface area contributed by atoms with Gasteiger partial charge in [-0.25, -0.2) is 13.8 Å². The van der Waals surface area contributed by atoms with Gasteiger partial charge >= 0.3 is 0 Å². The number of hydrogen-bond donors (Lipinski definition) is 0. The van der Waals surface area contributed by atoms with Crippen molar-refractivity contribution < 1.29 is 13.4 Å². The largest absolute Gasteiger partial charge is 0.455 e. The SMILES string of the molecule is [C-]#[N+]c1cc2c(cc1-c1ccccc1)oc1c(-c3cc(F)c(C(C)(C)C)c[n+]3C)c(C)ccc12. The molecule has 0 bridgehead atoms. The molecule has 0 unspecified atom stereocenters. The van der Waals surface area contributed by atoms with E-state index in [1.54, 1.807) is 6.07 Å². The van der Waals surface area contributed by atoms with Crippen LogP contribution in [0, 0.1) is 19.3 Å². The fourth-order valence-electron chi connectivity index (χ4n) is 4.66. The average molecular weight is 450 g/mol. The second-order valence-corrected chi connectivity index (χ2v) is 9.86. The molecule has 0 spiro atoms. The third-order valence-corrected chi connectivity index (χ3v) is 6.46. The molecule has 0 amide bonds. The summed E-state index contributed by atoms with van der Waals surface area (Å²) in [6.45, 7) is 15.8. The van der Waals surface area contributed by atoms with Gasteiger partial charge in [-0.05, 0) is 41.2 Å². The Morgan fingerprint density at radius 2 is 1.71 bits per heavy atom. The molecule has 168 valence electrons. The van der Waals surface area contributed by atoms with Crippen molar-refractivity contribution in [2.45, 2.75) is 33.1 Å². The van der Waals surface area contributed by atoms with Crippen LogP contribution in [0.25, 0.3) is 49.2 Å². The van der Waals surface area contributed by atoms with Gasteiger partial charge in [0.2, 0.25) is 5.69 Å². The summed E-state index contributed by atoms with van der Waals surface area (Å²) in [6.07, 6.45) is 1.87. The highest BCUT2D eigenvalue weighted by molar-refractivity contribution is 6.12. The minimum absolute atomic E-state index is 0.227. The Kier molecular flexibility index (Phi) is 5.02. The molecule has 0 radical (unpaired) electrons. The quantitative estimate of drug-likeness (QED) is 0.197. The Morgan fingerprint density at radius 1 is 0.971 bits per heavy atom. The van der Waals surface area contributed by atoms with Crippen molar-refractivity contribution in [2.75, 3.05) is 0 Å². The summed E-state index contributed by atoms with van der Waals surface area (Å²) >= 11 is 0. The number of hydrogen-bond acceptors (Lipinski definition) is 1. The lowest BCUT2D eigenvalue weighted by Gasteiger charge is -2.18. The van der Waals surface area contributed by atoms with Crippen LogP contribution in [0.3, 0.4) is 0 Å². The van der Waals surface area contributed by atoms with E-state index in [2.05, 4.69) is 4.85 Å². The van der Waals surface area contributed by atoms with Gasteiger partial charge in [0.1, 0.15) is 24.0 Å². The minimum Gasteiger partial charge on any atom is -0.455 e.